The van der Waals surface area contributed by atoms with E-state index in [1.165, 1.54) is 7.11 Å². The molecule has 0 saturated heterocycles. The SMILES string of the molecule is CCOC(N)=O.COC(=O)C(C)=C(C)C. The zero-order chi connectivity index (χ0) is 12.4. The van der Waals surface area contributed by atoms with Crippen LogP contribution in [0.2, 0.25) is 0 Å². The van der Waals surface area contributed by atoms with Crippen LogP contribution in [0.1, 0.15) is 27.7 Å². The van der Waals surface area contributed by atoms with E-state index in [9.17, 15) is 9.59 Å². The van der Waals surface area contributed by atoms with Gasteiger partial charge in [0.1, 0.15) is 0 Å². The molecule has 1 amide bonds. The molecule has 0 aromatic carbocycles. The minimum Gasteiger partial charge on any atom is -0.466 e. The normalized spacial score (nSPS) is 8.07. The van der Waals surface area contributed by atoms with Crippen molar-refractivity contribution in [1.82, 2.24) is 0 Å². The van der Waals surface area contributed by atoms with E-state index in [2.05, 4.69) is 15.2 Å². The molecule has 88 valence electrons. The third-order valence-corrected chi connectivity index (χ3v) is 1.53. The summed E-state index contributed by atoms with van der Waals surface area (Å²) >= 11 is 0. The minimum absolute atomic E-state index is 0.241. The lowest BCUT2D eigenvalue weighted by molar-refractivity contribution is -0.136. The van der Waals surface area contributed by atoms with Gasteiger partial charge in [0, 0.05) is 5.57 Å². The summed E-state index contributed by atoms with van der Waals surface area (Å²) in [5, 5.41) is 0. The molecule has 0 radical (unpaired) electrons. The highest BCUT2D eigenvalue weighted by atomic mass is 16.5. The van der Waals surface area contributed by atoms with Crippen LogP contribution >= 0.6 is 0 Å². The maximum atomic E-state index is 10.7. The Bertz CT molecular complexity index is 242. The van der Waals surface area contributed by atoms with Gasteiger partial charge in [-0.1, -0.05) is 5.57 Å². The second-order valence-corrected chi connectivity index (χ2v) is 2.87. The summed E-state index contributed by atoms with van der Waals surface area (Å²) in [6.07, 6.45) is -0.711. The van der Waals surface area contributed by atoms with Crippen LogP contribution in [0.3, 0.4) is 0 Å². The van der Waals surface area contributed by atoms with Crippen LogP contribution in [-0.2, 0) is 14.3 Å². The number of allylic oxidation sites excluding steroid dienone is 1. The lowest BCUT2D eigenvalue weighted by Gasteiger charge is -1.98. The van der Waals surface area contributed by atoms with Crippen molar-refractivity contribution in [2.75, 3.05) is 13.7 Å². The molecule has 5 nitrogen and oxygen atoms in total. The average Bonchev–Trinajstić information content (AvgIpc) is 2.16. The molecule has 15 heavy (non-hydrogen) atoms. The minimum atomic E-state index is -0.711. The van der Waals surface area contributed by atoms with Crippen LogP contribution in [-0.4, -0.2) is 25.8 Å². The molecule has 0 fully saturated rings. The van der Waals surface area contributed by atoms with E-state index in [0.717, 1.165) is 5.57 Å². The zero-order valence-corrected chi connectivity index (χ0v) is 9.92. The molecule has 0 aliphatic heterocycles. The second-order valence-electron chi connectivity index (χ2n) is 2.87. The van der Waals surface area contributed by atoms with Crippen molar-refractivity contribution >= 4 is 12.1 Å². The molecule has 0 aliphatic carbocycles. The summed E-state index contributed by atoms with van der Waals surface area (Å²) in [6.45, 7) is 7.57. The molecular formula is C10H19NO4. The molecule has 0 heterocycles. The highest BCUT2D eigenvalue weighted by molar-refractivity contribution is 5.88. The highest BCUT2D eigenvalue weighted by Gasteiger charge is 2.02. The average molecular weight is 217 g/mol. The van der Waals surface area contributed by atoms with Gasteiger partial charge in [-0.05, 0) is 27.7 Å². The molecule has 2 N–H and O–H groups in total. The van der Waals surface area contributed by atoms with Crippen LogP contribution in [0.15, 0.2) is 11.1 Å². The van der Waals surface area contributed by atoms with Crippen molar-refractivity contribution in [2.45, 2.75) is 27.7 Å². The molecule has 0 aromatic rings. The number of hydrogen-bond acceptors (Lipinski definition) is 4. The van der Waals surface area contributed by atoms with Crippen molar-refractivity contribution in [1.29, 1.82) is 0 Å². The van der Waals surface area contributed by atoms with E-state index in [4.69, 9.17) is 0 Å². The number of rotatable bonds is 2. The van der Waals surface area contributed by atoms with Gasteiger partial charge >= 0.3 is 12.1 Å². The van der Waals surface area contributed by atoms with Crippen LogP contribution in [0.25, 0.3) is 0 Å². The first-order valence-corrected chi connectivity index (χ1v) is 4.51. The fourth-order valence-corrected chi connectivity index (χ4v) is 0.499. The number of ether oxygens (including phenoxy) is 2. The van der Waals surface area contributed by atoms with Gasteiger partial charge in [-0.25, -0.2) is 9.59 Å². The predicted molar refractivity (Wildman–Crippen MR) is 57.3 cm³/mol. The van der Waals surface area contributed by atoms with Gasteiger partial charge in [0.05, 0.1) is 13.7 Å². The molecule has 0 bridgehead atoms. The molecule has 0 spiro atoms. The van der Waals surface area contributed by atoms with Gasteiger partial charge in [0.25, 0.3) is 0 Å². The number of hydrogen-bond donors (Lipinski definition) is 1. The van der Waals surface area contributed by atoms with Crippen molar-refractivity contribution in [3.05, 3.63) is 11.1 Å². The summed E-state index contributed by atoms with van der Waals surface area (Å²) in [7, 11) is 1.38. The van der Waals surface area contributed by atoms with Gasteiger partial charge in [-0.2, -0.15) is 0 Å². The molecule has 0 rings (SSSR count). The fourth-order valence-electron chi connectivity index (χ4n) is 0.499. The van der Waals surface area contributed by atoms with Gasteiger partial charge in [-0.3, -0.25) is 0 Å². The Morgan fingerprint density at radius 3 is 1.73 bits per heavy atom. The molecule has 0 saturated carbocycles. The summed E-state index contributed by atoms with van der Waals surface area (Å²) in [5.41, 5.74) is 6.24. The van der Waals surface area contributed by atoms with E-state index in [-0.39, 0.29) is 5.97 Å². The fraction of sp³-hybridized carbons (Fsp3) is 0.600. The second kappa shape index (κ2) is 9.05. The molecule has 0 aromatic heterocycles. The number of amides is 1. The van der Waals surface area contributed by atoms with Crippen molar-refractivity contribution in [2.24, 2.45) is 5.73 Å². The zero-order valence-electron chi connectivity index (χ0n) is 9.92. The van der Waals surface area contributed by atoms with Gasteiger partial charge in [-0.15, -0.1) is 0 Å². The Hall–Kier alpha value is -1.52. The number of nitrogens with two attached hydrogens (primary N) is 1. The first kappa shape index (κ1) is 15.9. The summed E-state index contributed by atoms with van der Waals surface area (Å²) < 4.78 is 8.66. The smallest absolute Gasteiger partial charge is 0.404 e. The Labute approximate surface area is 90.2 Å². The lowest BCUT2D eigenvalue weighted by atomic mass is 10.2. The first-order chi connectivity index (χ1) is 6.86. The van der Waals surface area contributed by atoms with Crippen molar-refractivity contribution in [3.63, 3.8) is 0 Å². The Balaban J connectivity index is 0. The quantitative estimate of drug-likeness (QED) is 0.563. The Kier molecular flexibility index (Phi) is 9.61. The first-order valence-electron chi connectivity index (χ1n) is 4.51. The predicted octanol–water partition coefficient (Wildman–Crippen LogP) is 1.62. The van der Waals surface area contributed by atoms with Crippen LogP contribution < -0.4 is 5.73 Å². The number of primary amides is 1. The maximum Gasteiger partial charge on any atom is 0.404 e. The van der Waals surface area contributed by atoms with Crippen molar-refractivity contribution in [3.8, 4) is 0 Å². The van der Waals surface area contributed by atoms with E-state index < -0.39 is 6.09 Å². The van der Waals surface area contributed by atoms with E-state index >= 15 is 0 Å². The van der Waals surface area contributed by atoms with Gasteiger partial charge in [0.2, 0.25) is 0 Å². The van der Waals surface area contributed by atoms with E-state index in [1.807, 2.05) is 13.8 Å². The number of esters is 1. The lowest BCUT2D eigenvalue weighted by Crippen LogP contribution is -2.11. The number of carbonyl (C=O) groups excluding carboxylic acids is 2. The van der Waals surface area contributed by atoms with Crippen LogP contribution in [0, 0.1) is 0 Å². The number of carbonyl (C=O) groups is 2. The molecule has 0 atom stereocenters. The van der Waals surface area contributed by atoms with Gasteiger partial charge in [0.15, 0.2) is 0 Å². The molecule has 0 unspecified atom stereocenters. The van der Waals surface area contributed by atoms with E-state index in [1.54, 1.807) is 13.8 Å². The summed E-state index contributed by atoms with van der Waals surface area (Å²) in [6, 6.07) is 0. The standard InChI is InChI=1S/C7H12O2.C3H7NO2/c1-5(2)6(3)7(8)9-4;1-2-6-3(4)5/h1-4H3;2H2,1H3,(H2,4,5). The third-order valence-electron chi connectivity index (χ3n) is 1.53. The third kappa shape index (κ3) is 10.4. The maximum absolute atomic E-state index is 10.7. The Morgan fingerprint density at radius 2 is 1.67 bits per heavy atom. The topological polar surface area (TPSA) is 78.6 Å². The van der Waals surface area contributed by atoms with Crippen LogP contribution in [0.4, 0.5) is 4.79 Å². The monoisotopic (exact) mass is 217 g/mol. The molecule has 0 aliphatic rings. The van der Waals surface area contributed by atoms with Gasteiger partial charge < -0.3 is 15.2 Å². The van der Waals surface area contributed by atoms with Crippen molar-refractivity contribution < 1.29 is 19.1 Å². The molecule has 5 heteroatoms. The Morgan fingerprint density at radius 1 is 1.20 bits per heavy atom. The largest absolute Gasteiger partial charge is 0.466 e. The van der Waals surface area contributed by atoms with E-state index in [0.29, 0.717) is 12.2 Å². The number of methoxy groups -OCH3 is 1. The highest BCUT2D eigenvalue weighted by Crippen LogP contribution is 2.02. The summed E-state index contributed by atoms with van der Waals surface area (Å²) in [4.78, 5) is 20.3. The summed E-state index contributed by atoms with van der Waals surface area (Å²) in [5.74, 6) is -0.241. The van der Waals surface area contributed by atoms with Crippen LogP contribution in [0.5, 0.6) is 0 Å². The molecular weight excluding hydrogens is 198 g/mol.